The lowest BCUT2D eigenvalue weighted by molar-refractivity contribution is -0.119. The van der Waals surface area contributed by atoms with Gasteiger partial charge in [-0.3, -0.25) is 9.36 Å². The highest BCUT2D eigenvalue weighted by atomic mass is 32.2. The van der Waals surface area contributed by atoms with Crippen molar-refractivity contribution in [3.63, 3.8) is 0 Å². The fraction of sp³-hybridized carbons (Fsp3) is 0.500. The molecule has 1 aromatic carbocycles. The average molecular weight is 356 g/mol. The molecular weight excluding hydrogens is 330 g/mol. The molecule has 4 nitrogen and oxygen atoms in total. The molecule has 0 radical (unpaired) electrons. The molecule has 1 aromatic heterocycles. The van der Waals surface area contributed by atoms with Crippen molar-refractivity contribution in [2.24, 2.45) is 11.8 Å². The van der Waals surface area contributed by atoms with Gasteiger partial charge in [-0.05, 0) is 68.6 Å². The number of aromatic nitrogens is 2. The summed E-state index contributed by atoms with van der Waals surface area (Å²) in [4.78, 5) is 16.9. The number of amides is 1. The van der Waals surface area contributed by atoms with Crippen LogP contribution < -0.4 is 5.32 Å². The summed E-state index contributed by atoms with van der Waals surface area (Å²) in [5, 5.41) is 4.16. The molecule has 1 N–H and O–H groups in total. The maximum atomic E-state index is 12.4. The molecule has 1 heterocycles. The Morgan fingerprint density at radius 3 is 2.68 bits per heavy atom. The van der Waals surface area contributed by atoms with Crippen molar-refractivity contribution in [3.8, 4) is 5.69 Å². The molecule has 2 fully saturated rings. The van der Waals surface area contributed by atoms with Crippen LogP contribution in [0.1, 0.15) is 36.8 Å². The third-order valence-corrected chi connectivity index (χ3v) is 6.33. The summed E-state index contributed by atoms with van der Waals surface area (Å²) >= 11 is 1.52. The molecule has 5 heteroatoms. The Balaban J connectivity index is 1.41. The van der Waals surface area contributed by atoms with Gasteiger partial charge in [-0.2, -0.15) is 0 Å². The number of nitrogens with zero attached hydrogens (tertiary/aromatic N) is 2. The molecule has 0 saturated heterocycles. The summed E-state index contributed by atoms with van der Waals surface area (Å²) in [5.74, 6) is 2.04. The quantitative estimate of drug-likeness (QED) is 0.767. The highest BCUT2D eigenvalue weighted by molar-refractivity contribution is 7.99. The van der Waals surface area contributed by atoms with Crippen molar-refractivity contribution in [1.29, 1.82) is 0 Å². The lowest BCUT2D eigenvalue weighted by atomic mass is 10.1. The number of nitrogens with one attached hydrogen (secondary N) is 1. The Kier molecular flexibility index (Phi) is 4.59. The Labute approximate surface area is 153 Å². The highest BCUT2D eigenvalue weighted by Gasteiger charge is 2.42. The van der Waals surface area contributed by atoms with Gasteiger partial charge >= 0.3 is 0 Å². The van der Waals surface area contributed by atoms with Gasteiger partial charge in [0, 0.05) is 18.4 Å². The van der Waals surface area contributed by atoms with Crippen LogP contribution in [-0.2, 0) is 4.79 Å². The van der Waals surface area contributed by atoms with Crippen molar-refractivity contribution in [2.45, 2.75) is 50.7 Å². The van der Waals surface area contributed by atoms with E-state index in [4.69, 9.17) is 0 Å². The van der Waals surface area contributed by atoms with E-state index in [1.165, 1.54) is 48.6 Å². The van der Waals surface area contributed by atoms with E-state index in [2.05, 4.69) is 46.9 Å². The van der Waals surface area contributed by atoms with Crippen LogP contribution in [0, 0.1) is 25.7 Å². The van der Waals surface area contributed by atoms with Crippen molar-refractivity contribution in [2.75, 3.05) is 5.75 Å². The molecule has 0 aliphatic heterocycles. The predicted molar refractivity (Wildman–Crippen MR) is 101 cm³/mol. The van der Waals surface area contributed by atoms with Gasteiger partial charge in [0.05, 0.1) is 11.4 Å². The second kappa shape index (κ2) is 6.87. The zero-order valence-corrected chi connectivity index (χ0v) is 15.7. The topological polar surface area (TPSA) is 46.9 Å². The van der Waals surface area contributed by atoms with Crippen LogP contribution in [0.15, 0.2) is 35.7 Å². The molecular formula is C20H25N3OS. The van der Waals surface area contributed by atoms with Crippen LogP contribution >= 0.6 is 11.8 Å². The van der Waals surface area contributed by atoms with E-state index in [0.29, 0.717) is 11.8 Å². The third kappa shape index (κ3) is 3.76. The van der Waals surface area contributed by atoms with Gasteiger partial charge in [0.2, 0.25) is 5.91 Å². The summed E-state index contributed by atoms with van der Waals surface area (Å²) in [6.45, 7) is 4.24. The van der Waals surface area contributed by atoms with Crippen molar-refractivity contribution >= 4 is 17.7 Å². The number of hydrogen-bond donors (Lipinski definition) is 1. The van der Waals surface area contributed by atoms with Crippen LogP contribution in [0.4, 0.5) is 0 Å². The number of benzene rings is 1. The van der Waals surface area contributed by atoms with Crippen LogP contribution in [0.25, 0.3) is 5.69 Å². The highest BCUT2D eigenvalue weighted by Crippen LogP contribution is 2.44. The molecule has 4 rings (SSSR count). The first-order chi connectivity index (χ1) is 12.1. The number of carbonyl (C=O) groups is 1. The van der Waals surface area contributed by atoms with Crippen molar-refractivity contribution < 1.29 is 4.79 Å². The predicted octanol–water partition coefficient (Wildman–Crippen LogP) is 3.89. The van der Waals surface area contributed by atoms with Crippen LogP contribution in [-0.4, -0.2) is 27.3 Å². The van der Waals surface area contributed by atoms with E-state index < -0.39 is 0 Å². The fourth-order valence-corrected chi connectivity index (χ4v) is 4.24. The van der Waals surface area contributed by atoms with Crippen LogP contribution in [0.3, 0.4) is 0 Å². The monoisotopic (exact) mass is 355 g/mol. The van der Waals surface area contributed by atoms with Gasteiger partial charge in [-0.1, -0.05) is 23.9 Å². The molecule has 25 heavy (non-hydrogen) atoms. The molecule has 2 aliphatic carbocycles. The summed E-state index contributed by atoms with van der Waals surface area (Å²) in [5.41, 5.74) is 3.64. The average Bonchev–Trinajstić information content (AvgIpc) is 3.52. The SMILES string of the molecule is Cc1cccc(-n2ccnc2SCC(=O)NC(C2CC2)C2CC2)c1C. The molecule has 0 atom stereocenters. The minimum Gasteiger partial charge on any atom is -0.352 e. The molecule has 0 spiro atoms. The zero-order chi connectivity index (χ0) is 17.4. The van der Waals surface area contributed by atoms with E-state index in [1.54, 1.807) is 6.20 Å². The maximum absolute atomic E-state index is 12.4. The Hall–Kier alpha value is -1.75. The minimum absolute atomic E-state index is 0.143. The molecule has 2 aromatic rings. The molecule has 0 bridgehead atoms. The normalized spacial score (nSPS) is 17.1. The first-order valence-electron chi connectivity index (χ1n) is 9.15. The number of rotatable bonds is 7. The standard InChI is InChI=1S/C20H25N3OS/c1-13-4-3-5-17(14(13)2)23-11-10-21-20(23)25-12-18(24)22-19(15-6-7-15)16-8-9-16/h3-5,10-11,15-16,19H,6-9,12H2,1-2H3,(H,22,24). The molecule has 1 amide bonds. The molecule has 2 saturated carbocycles. The second-order valence-electron chi connectivity index (χ2n) is 7.36. The van der Waals surface area contributed by atoms with Gasteiger partial charge in [-0.15, -0.1) is 0 Å². The van der Waals surface area contributed by atoms with E-state index in [0.717, 1.165) is 22.7 Å². The zero-order valence-electron chi connectivity index (χ0n) is 14.9. The maximum Gasteiger partial charge on any atom is 0.230 e. The number of imidazole rings is 1. The van der Waals surface area contributed by atoms with Gasteiger partial charge < -0.3 is 5.32 Å². The molecule has 2 aliphatic rings. The van der Waals surface area contributed by atoms with Crippen molar-refractivity contribution in [1.82, 2.24) is 14.9 Å². The number of aryl methyl sites for hydroxylation is 1. The number of carbonyl (C=O) groups excluding carboxylic acids is 1. The van der Waals surface area contributed by atoms with Crippen LogP contribution in [0.5, 0.6) is 0 Å². The first-order valence-corrected chi connectivity index (χ1v) is 10.1. The lowest BCUT2D eigenvalue weighted by Gasteiger charge is -2.17. The lowest BCUT2D eigenvalue weighted by Crippen LogP contribution is -2.39. The van der Waals surface area contributed by atoms with Crippen molar-refractivity contribution in [3.05, 3.63) is 41.7 Å². The third-order valence-electron chi connectivity index (χ3n) is 5.36. The Morgan fingerprint density at radius 1 is 1.28 bits per heavy atom. The second-order valence-corrected chi connectivity index (χ2v) is 8.30. The van der Waals surface area contributed by atoms with E-state index in [-0.39, 0.29) is 5.91 Å². The Bertz CT molecular complexity index is 765. The smallest absolute Gasteiger partial charge is 0.230 e. The van der Waals surface area contributed by atoms with Gasteiger partial charge in [0.25, 0.3) is 0 Å². The van der Waals surface area contributed by atoms with Gasteiger partial charge in [-0.25, -0.2) is 4.98 Å². The molecule has 132 valence electrons. The fourth-order valence-electron chi connectivity index (χ4n) is 3.47. The molecule has 0 unspecified atom stereocenters. The van der Waals surface area contributed by atoms with Gasteiger partial charge in [0.15, 0.2) is 5.16 Å². The largest absolute Gasteiger partial charge is 0.352 e. The summed E-state index contributed by atoms with van der Waals surface area (Å²) in [7, 11) is 0. The number of hydrogen-bond acceptors (Lipinski definition) is 3. The Morgan fingerprint density at radius 2 is 2.00 bits per heavy atom. The van der Waals surface area contributed by atoms with Crippen LogP contribution in [0.2, 0.25) is 0 Å². The van der Waals surface area contributed by atoms with Gasteiger partial charge in [0.1, 0.15) is 0 Å². The van der Waals surface area contributed by atoms with E-state index >= 15 is 0 Å². The van der Waals surface area contributed by atoms with E-state index in [9.17, 15) is 4.79 Å². The summed E-state index contributed by atoms with van der Waals surface area (Å²) in [6, 6.07) is 6.71. The number of thioether (sulfide) groups is 1. The summed E-state index contributed by atoms with van der Waals surface area (Å²) < 4.78 is 2.08. The minimum atomic E-state index is 0.143. The van der Waals surface area contributed by atoms with E-state index in [1.807, 2.05) is 6.20 Å². The summed E-state index contributed by atoms with van der Waals surface area (Å²) in [6.07, 6.45) is 8.91. The first kappa shape index (κ1) is 16.7.